The number of benzene rings is 5. The number of hydrogen-bond donors (Lipinski definition) is 1. The van der Waals surface area contributed by atoms with E-state index in [0.29, 0.717) is 0 Å². The van der Waals surface area contributed by atoms with Crippen LogP contribution in [-0.2, 0) is 0 Å². The molecule has 0 fully saturated rings. The van der Waals surface area contributed by atoms with E-state index in [-0.39, 0.29) is 0 Å². The Balaban J connectivity index is 1.50. The maximum Gasteiger partial charge on any atom is 0.0581 e. The summed E-state index contributed by atoms with van der Waals surface area (Å²) >= 11 is 0. The van der Waals surface area contributed by atoms with Gasteiger partial charge in [0, 0.05) is 0 Å². The van der Waals surface area contributed by atoms with Gasteiger partial charge in [-0.1, -0.05) is 84.9 Å². The summed E-state index contributed by atoms with van der Waals surface area (Å²) in [7, 11) is 0. The van der Waals surface area contributed by atoms with E-state index in [1.54, 1.807) is 5.01 Å². The van der Waals surface area contributed by atoms with Gasteiger partial charge in [-0.15, -0.1) is 0 Å². The maximum absolute atomic E-state index is 6.44. The molecule has 0 aliphatic rings. The molecular weight excluding hydrogens is 340 g/mol. The van der Waals surface area contributed by atoms with E-state index in [2.05, 4.69) is 103 Å². The van der Waals surface area contributed by atoms with Crippen LogP contribution >= 0.6 is 0 Å². The highest BCUT2D eigenvalue weighted by Crippen LogP contribution is 2.31. The Labute approximate surface area is 164 Å². The second kappa shape index (κ2) is 6.84. The Morgan fingerprint density at radius 3 is 1.89 bits per heavy atom. The zero-order chi connectivity index (χ0) is 18.9. The van der Waals surface area contributed by atoms with Gasteiger partial charge in [0.2, 0.25) is 0 Å². The lowest BCUT2D eigenvalue weighted by Crippen LogP contribution is -2.24. The highest BCUT2D eigenvalue weighted by molar-refractivity contribution is 6.08. The van der Waals surface area contributed by atoms with Gasteiger partial charge in [0.05, 0.1) is 11.4 Å². The summed E-state index contributed by atoms with van der Waals surface area (Å²) in [5.74, 6) is 6.44. The third kappa shape index (κ3) is 2.90. The molecule has 0 bridgehead atoms. The average Bonchev–Trinajstić information content (AvgIpc) is 2.79. The van der Waals surface area contributed by atoms with Crippen LogP contribution in [0.25, 0.3) is 32.7 Å². The van der Waals surface area contributed by atoms with Crippen molar-refractivity contribution in [3.05, 3.63) is 109 Å². The molecular formula is C26H20N2. The van der Waals surface area contributed by atoms with Gasteiger partial charge in [-0.3, -0.25) is 5.01 Å². The normalized spacial score (nSPS) is 11.0. The van der Waals surface area contributed by atoms with Crippen molar-refractivity contribution in [1.29, 1.82) is 0 Å². The molecule has 5 rings (SSSR count). The predicted octanol–water partition coefficient (Wildman–Crippen LogP) is 6.67. The second-order valence-electron chi connectivity index (χ2n) is 6.98. The lowest BCUT2D eigenvalue weighted by molar-refractivity contribution is 1.09. The summed E-state index contributed by atoms with van der Waals surface area (Å²) in [4.78, 5) is 0. The molecule has 0 unspecified atom stereocenters. The summed E-state index contributed by atoms with van der Waals surface area (Å²) in [5.41, 5.74) is 4.31. The molecule has 0 saturated carbocycles. The van der Waals surface area contributed by atoms with Crippen LogP contribution in [0.5, 0.6) is 0 Å². The van der Waals surface area contributed by atoms with Crippen LogP contribution in [0.1, 0.15) is 0 Å². The summed E-state index contributed by atoms with van der Waals surface area (Å²) in [5, 5.41) is 6.69. The topological polar surface area (TPSA) is 29.3 Å². The van der Waals surface area contributed by atoms with E-state index in [1.165, 1.54) is 32.7 Å². The van der Waals surface area contributed by atoms with E-state index >= 15 is 0 Å². The Kier molecular flexibility index (Phi) is 4.04. The van der Waals surface area contributed by atoms with E-state index in [1.807, 2.05) is 6.07 Å². The standard InChI is InChI=1S/C26H20N2/c27-28(23-14-12-20(13-15-23)19-6-2-1-3-7-19)24-16-17-26-22(18-24)11-10-21-8-4-5-9-25(21)26/h1-18H,27H2. The molecule has 2 nitrogen and oxygen atoms in total. The van der Waals surface area contributed by atoms with Gasteiger partial charge in [-0.05, 0) is 56.9 Å². The molecule has 0 aliphatic carbocycles. The second-order valence-corrected chi connectivity index (χ2v) is 6.98. The minimum Gasteiger partial charge on any atom is -0.280 e. The molecule has 0 amide bonds. The molecule has 134 valence electrons. The Morgan fingerprint density at radius 1 is 0.464 bits per heavy atom. The maximum atomic E-state index is 6.44. The fourth-order valence-corrected chi connectivity index (χ4v) is 3.74. The highest BCUT2D eigenvalue weighted by Gasteiger charge is 2.08. The van der Waals surface area contributed by atoms with Crippen LogP contribution in [0.4, 0.5) is 11.4 Å². The molecule has 0 radical (unpaired) electrons. The molecule has 28 heavy (non-hydrogen) atoms. The van der Waals surface area contributed by atoms with Crippen LogP contribution in [0.15, 0.2) is 109 Å². The zero-order valence-corrected chi connectivity index (χ0v) is 15.4. The molecule has 0 atom stereocenters. The van der Waals surface area contributed by atoms with Crippen LogP contribution in [-0.4, -0.2) is 0 Å². The number of anilines is 2. The van der Waals surface area contributed by atoms with Crippen molar-refractivity contribution in [3.8, 4) is 11.1 Å². The predicted molar refractivity (Wildman–Crippen MR) is 120 cm³/mol. The van der Waals surface area contributed by atoms with Gasteiger partial charge < -0.3 is 0 Å². The monoisotopic (exact) mass is 360 g/mol. The SMILES string of the molecule is NN(c1ccc(-c2ccccc2)cc1)c1ccc2c(ccc3ccccc32)c1. The van der Waals surface area contributed by atoms with Crippen molar-refractivity contribution in [2.75, 3.05) is 5.01 Å². The Bertz CT molecular complexity index is 1260. The minimum absolute atomic E-state index is 0.958. The molecule has 5 aromatic carbocycles. The van der Waals surface area contributed by atoms with E-state index < -0.39 is 0 Å². The third-order valence-electron chi connectivity index (χ3n) is 5.26. The van der Waals surface area contributed by atoms with Crippen LogP contribution in [0.2, 0.25) is 0 Å². The number of fused-ring (bicyclic) bond motifs is 3. The van der Waals surface area contributed by atoms with Crippen molar-refractivity contribution in [2.45, 2.75) is 0 Å². The number of hydrazine groups is 1. The molecule has 0 spiro atoms. The molecule has 0 aliphatic heterocycles. The number of nitrogens with zero attached hydrogens (tertiary/aromatic N) is 1. The molecule has 2 heteroatoms. The smallest absolute Gasteiger partial charge is 0.0581 e. The van der Waals surface area contributed by atoms with Crippen molar-refractivity contribution >= 4 is 32.9 Å². The fourth-order valence-electron chi connectivity index (χ4n) is 3.74. The fraction of sp³-hybridized carbons (Fsp3) is 0. The quantitative estimate of drug-likeness (QED) is 0.221. The first-order chi connectivity index (χ1) is 13.8. The average molecular weight is 360 g/mol. The van der Waals surface area contributed by atoms with Gasteiger partial charge in [0.25, 0.3) is 0 Å². The van der Waals surface area contributed by atoms with Gasteiger partial charge in [-0.25, -0.2) is 5.84 Å². The van der Waals surface area contributed by atoms with E-state index in [4.69, 9.17) is 5.84 Å². The van der Waals surface area contributed by atoms with Crippen molar-refractivity contribution < 1.29 is 0 Å². The molecule has 0 heterocycles. The minimum atomic E-state index is 0.958. The number of nitrogens with two attached hydrogens (primary N) is 1. The van der Waals surface area contributed by atoms with Gasteiger partial charge >= 0.3 is 0 Å². The Hall–Kier alpha value is -3.62. The first kappa shape index (κ1) is 16.5. The molecule has 2 N–H and O–H groups in total. The number of rotatable bonds is 3. The van der Waals surface area contributed by atoms with Gasteiger partial charge in [0.15, 0.2) is 0 Å². The van der Waals surface area contributed by atoms with Crippen molar-refractivity contribution in [2.24, 2.45) is 5.84 Å². The van der Waals surface area contributed by atoms with E-state index in [0.717, 1.165) is 11.4 Å². The first-order valence-electron chi connectivity index (χ1n) is 9.41. The van der Waals surface area contributed by atoms with Crippen LogP contribution < -0.4 is 10.9 Å². The first-order valence-corrected chi connectivity index (χ1v) is 9.41. The van der Waals surface area contributed by atoms with Crippen LogP contribution in [0, 0.1) is 0 Å². The van der Waals surface area contributed by atoms with E-state index in [9.17, 15) is 0 Å². The summed E-state index contributed by atoms with van der Waals surface area (Å²) in [6.07, 6.45) is 0. The number of hydrogen-bond acceptors (Lipinski definition) is 2. The van der Waals surface area contributed by atoms with Gasteiger partial charge in [-0.2, -0.15) is 0 Å². The highest BCUT2D eigenvalue weighted by atomic mass is 15.4. The Morgan fingerprint density at radius 2 is 1.07 bits per heavy atom. The molecule has 5 aromatic rings. The lowest BCUT2D eigenvalue weighted by atomic mass is 10.0. The summed E-state index contributed by atoms with van der Waals surface area (Å²) in [6, 6.07) is 37.9. The summed E-state index contributed by atoms with van der Waals surface area (Å²) < 4.78 is 0. The van der Waals surface area contributed by atoms with Gasteiger partial charge in [0.1, 0.15) is 0 Å². The summed E-state index contributed by atoms with van der Waals surface area (Å²) in [6.45, 7) is 0. The van der Waals surface area contributed by atoms with Crippen molar-refractivity contribution in [3.63, 3.8) is 0 Å². The largest absolute Gasteiger partial charge is 0.280 e. The molecule has 0 saturated heterocycles. The zero-order valence-electron chi connectivity index (χ0n) is 15.4. The molecule has 0 aromatic heterocycles. The van der Waals surface area contributed by atoms with Crippen molar-refractivity contribution in [1.82, 2.24) is 0 Å². The lowest BCUT2D eigenvalue weighted by Gasteiger charge is -2.20. The van der Waals surface area contributed by atoms with Crippen LogP contribution in [0.3, 0.4) is 0 Å². The third-order valence-corrected chi connectivity index (χ3v) is 5.26.